The summed E-state index contributed by atoms with van der Waals surface area (Å²) in [6, 6.07) is 9.41. The highest BCUT2D eigenvalue weighted by atomic mass is 35.5. The number of hydrogen-bond acceptors (Lipinski definition) is 3. The van der Waals surface area contributed by atoms with Crippen LogP contribution in [0.5, 0.6) is 0 Å². The van der Waals surface area contributed by atoms with Crippen molar-refractivity contribution in [1.29, 1.82) is 10.5 Å². The van der Waals surface area contributed by atoms with Gasteiger partial charge in [0, 0.05) is 5.02 Å². The summed E-state index contributed by atoms with van der Waals surface area (Å²) in [7, 11) is 0. The first kappa shape index (κ1) is 10.9. The highest BCUT2D eigenvalue weighted by Crippen LogP contribution is 2.20. The molecule has 0 N–H and O–H groups in total. The number of nitrogens with zero attached hydrogens (tertiary/aromatic N) is 2. The molecule has 70 valence electrons. The quantitative estimate of drug-likeness (QED) is 0.739. The average molecular weight is 223 g/mol. The Morgan fingerprint density at radius 3 is 2.64 bits per heavy atom. The Hall–Kier alpha value is -1.16. The van der Waals surface area contributed by atoms with E-state index >= 15 is 0 Å². The molecule has 0 bridgehead atoms. The molecular formula is C10H7ClN2S. The van der Waals surface area contributed by atoms with Crippen LogP contribution in [0.1, 0.15) is 5.56 Å². The SMILES string of the molecule is N#CSC(C#N)Cc1ccccc1Cl. The van der Waals surface area contributed by atoms with Crippen LogP contribution in [0, 0.1) is 22.0 Å². The number of rotatable bonds is 3. The van der Waals surface area contributed by atoms with Gasteiger partial charge in [0.2, 0.25) is 0 Å². The minimum atomic E-state index is -0.347. The van der Waals surface area contributed by atoms with Crippen LogP contribution < -0.4 is 0 Å². The molecule has 0 saturated heterocycles. The third kappa shape index (κ3) is 2.96. The molecule has 0 radical (unpaired) electrons. The minimum Gasteiger partial charge on any atom is -0.197 e. The summed E-state index contributed by atoms with van der Waals surface area (Å²) in [5.74, 6) is 0. The minimum absolute atomic E-state index is 0.347. The molecule has 1 rings (SSSR count). The molecule has 0 amide bonds. The summed E-state index contributed by atoms with van der Waals surface area (Å²) < 4.78 is 0. The van der Waals surface area contributed by atoms with Crippen LogP contribution in [0.15, 0.2) is 24.3 Å². The monoisotopic (exact) mass is 222 g/mol. The van der Waals surface area contributed by atoms with Crippen molar-refractivity contribution in [3.63, 3.8) is 0 Å². The van der Waals surface area contributed by atoms with Crippen molar-refractivity contribution in [1.82, 2.24) is 0 Å². The van der Waals surface area contributed by atoms with Gasteiger partial charge in [0.05, 0.1) is 6.07 Å². The lowest BCUT2D eigenvalue weighted by molar-refractivity contribution is 1.03. The summed E-state index contributed by atoms with van der Waals surface area (Å²) in [6.07, 6.45) is 0.508. The summed E-state index contributed by atoms with van der Waals surface area (Å²) in [5.41, 5.74) is 0.906. The summed E-state index contributed by atoms with van der Waals surface area (Å²) in [5, 5.41) is 19.4. The van der Waals surface area contributed by atoms with Gasteiger partial charge in [-0.3, -0.25) is 0 Å². The number of thiocyanates is 1. The van der Waals surface area contributed by atoms with Gasteiger partial charge in [-0.25, -0.2) is 0 Å². The molecule has 0 heterocycles. The first-order valence-electron chi connectivity index (χ1n) is 3.95. The van der Waals surface area contributed by atoms with Gasteiger partial charge < -0.3 is 0 Å². The van der Waals surface area contributed by atoms with Crippen molar-refractivity contribution in [3.05, 3.63) is 34.9 Å². The topological polar surface area (TPSA) is 47.6 Å². The van der Waals surface area contributed by atoms with Crippen LogP contribution in [0.3, 0.4) is 0 Å². The molecule has 0 saturated carbocycles. The molecule has 14 heavy (non-hydrogen) atoms. The molecule has 1 aromatic carbocycles. The standard InChI is InChI=1S/C10H7ClN2S/c11-10-4-2-1-3-8(10)5-9(6-12)14-7-13/h1-4,9H,5H2. The highest BCUT2D eigenvalue weighted by molar-refractivity contribution is 8.04. The van der Waals surface area contributed by atoms with Crippen LogP contribution >= 0.6 is 23.4 Å². The zero-order valence-electron chi connectivity index (χ0n) is 7.27. The second-order valence-electron chi connectivity index (χ2n) is 2.62. The zero-order valence-corrected chi connectivity index (χ0v) is 8.85. The number of benzene rings is 1. The predicted molar refractivity (Wildman–Crippen MR) is 57.8 cm³/mol. The van der Waals surface area contributed by atoms with Crippen molar-refractivity contribution in [2.45, 2.75) is 11.7 Å². The van der Waals surface area contributed by atoms with Crippen molar-refractivity contribution < 1.29 is 0 Å². The zero-order chi connectivity index (χ0) is 10.4. The van der Waals surface area contributed by atoms with E-state index in [0.29, 0.717) is 11.4 Å². The lowest BCUT2D eigenvalue weighted by atomic mass is 10.1. The molecule has 1 aromatic rings. The van der Waals surface area contributed by atoms with Crippen molar-refractivity contribution in [2.24, 2.45) is 0 Å². The molecule has 4 heteroatoms. The maximum Gasteiger partial charge on any atom is 0.134 e. The molecule has 0 fully saturated rings. The van der Waals surface area contributed by atoms with Crippen LogP contribution in [0.4, 0.5) is 0 Å². The Bertz CT molecular complexity index is 392. The van der Waals surface area contributed by atoms with Gasteiger partial charge in [-0.2, -0.15) is 10.5 Å². The molecule has 0 aliphatic heterocycles. The van der Waals surface area contributed by atoms with E-state index in [4.69, 9.17) is 22.1 Å². The third-order valence-electron chi connectivity index (χ3n) is 1.70. The summed E-state index contributed by atoms with van der Waals surface area (Å²) >= 11 is 6.89. The predicted octanol–water partition coefficient (Wildman–Crippen LogP) is 2.99. The van der Waals surface area contributed by atoms with E-state index in [2.05, 4.69) is 6.07 Å². The van der Waals surface area contributed by atoms with Gasteiger partial charge >= 0.3 is 0 Å². The van der Waals surface area contributed by atoms with Crippen molar-refractivity contribution >= 4 is 23.4 Å². The van der Waals surface area contributed by atoms with Crippen LogP contribution in [-0.2, 0) is 6.42 Å². The van der Waals surface area contributed by atoms with E-state index in [1.807, 2.05) is 23.6 Å². The molecule has 0 aromatic heterocycles. The Balaban J connectivity index is 2.74. The van der Waals surface area contributed by atoms with E-state index in [-0.39, 0.29) is 5.25 Å². The van der Waals surface area contributed by atoms with E-state index in [1.165, 1.54) is 0 Å². The Morgan fingerprint density at radius 1 is 1.36 bits per heavy atom. The molecule has 0 aliphatic carbocycles. The smallest absolute Gasteiger partial charge is 0.134 e. The first-order chi connectivity index (χ1) is 6.77. The molecule has 0 aliphatic rings. The maximum absolute atomic E-state index is 8.74. The summed E-state index contributed by atoms with van der Waals surface area (Å²) in [4.78, 5) is 0. The lowest BCUT2D eigenvalue weighted by Gasteiger charge is -2.05. The summed E-state index contributed by atoms with van der Waals surface area (Å²) in [6.45, 7) is 0. The fraction of sp³-hybridized carbons (Fsp3) is 0.200. The lowest BCUT2D eigenvalue weighted by Crippen LogP contribution is -2.02. The van der Waals surface area contributed by atoms with Crippen molar-refractivity contribution in [3.8, 4) is 11.5 Å². The van der Waals surface area contributed by atoms with Crippen LogP contribution in [-0.4, -0.2) is 5.25 Å². The van der Waals surface area contributed by atoms with E-state index in [1.54, 1.807) is 6.07 Å². The Morgan fingerprint density at radius 2 is 2.07 bits per heavy atom. The van der Waals surface area contributed by atoms with E-state index in [9.17, 15) is 0 Å². The molecule has 1 unspecified atom stereocenters. The van der Waals surface area contributed by atoms with Gasteiger partial charge in [0.25, 0.3) is 0 Å². The van der Waals surface area contributed by atoms with E-state index in [0.717, 1.165) is 17.3 Å². The number of halogens is 1. The van der Waals surface area contributed by atoms with Crippen LogP contribution in [0.2, 0.25) is 5.02 Å². The maximum atomic E-state index is 8.74. The second kappa shape index (κ2) is 5.54. The van der Waals surface area contributed by atoms with Gasteiger partial charge in [-0.1, -0.05) is 29.8 Å². The fourth-order valence-electron chi connectivity index (χ4n) is 1.04. The molecular weight excluding hydrogens is 216 g/mol. The largest absolute Gasteiger partial charge is 0.197 e. The third-order valence-corrected chi connectivity index (χ3v) is 2.73. The number of hydrogen-bond donors (Lipinski definition) is 0. The Kier molecular flexibility index (Phi) is 4.32. The Labute approximate surface area is 92.1 Å². The van der Waals surface area contributed by atoms with Crippen molar-refractivity contribution in [2.75, 3.05) is 0 Å². The average Bonchev–Trinajstić information content (AvgIpc) is 2.20. The normalized spacial score (nSPS) is 11.4. The number of thioether (sulfide) groups is 1. The van der Waals surface area contributed by atoms with Gasteiger partial charge in [0.15, 0.2) is 0 Å². The first-order valence-corrected chi connectivity index (χ1v) is 5.21. The second-order valence-corrected chi connectivity index (χ2v) is 4.02. The van der Waals surface area contributed by atoms with Gasteiger partial charge in [-0.05, 0) is 29.8 Å². The van der Waals surface area contributed by atoms with Gasteiger partial charge in [0.1, 0.15) is 10.7 Å². The molecule has 0 spiro atoms. The number of nitriles is 2. The molecule has 1 atom stereocenters. The van der Waals surface area contributed by atoms with Gasteiger partial charge in [-0.15, -0.1) is 0 Å². The van der Waals surface area contributed by atoms with E-state index < -0.39 is 0 Å². The molecule has 2 nitrogen and oxygen atoms in total. The fourth-order valence-corrected chi connectivity index (χ4v) is 1.70. The van der Waals surface area contributed by atoms with Crippen LogP contribution in [0.25, 0.3) is 0 Å². The highest BCUT2D eigenvalue weighted by Gasteiger charge is 2.10.